The lowest BCUT2D eigenvalue weighted by Gasteiger charge is -2.35. The molecule has 2 heterocycles. The van der Waals surface area contributed by atoms with Gasteiger partial charge in [0.05, 0.1) is 0 Å². The summed E-state index contributed by atoms with van der Waals surface area (Å²) < 4.78 is 44.3. The number of nitrogens with two attached hydrogens (primary N) is 1. The molecule has 5 rings (SSSR count). The summed E-state index contributed by atoms with van der Waals surface area (Å²) in [5.74, 6) is -0.221. The molecule has 0 radical (unpaired) electrons. The second-order valence-electron chi connectivity index (χ2n) is 10.3. The van der Waals surface area contributed by atoms with Gasteiger partial charge in [-0.3, -0.25) is 9.80 Å². The number of hydrogen-bond donors (Lipinski definition) is 1. The van der Waals surface area contributed by atoms with E-state index in [1.807, 2.05) is 0 Å². The third-order valence-corrected chi connectivity index (χ3v) is 7.38. The Kier molecular flexibility index (Phi) is 8.26. The zero-order valence-electron chi connectivity index (χ0n) is 22.3. The lowest BCUT2D eigenvalue weighted by Crippen LogP contribution is -2.45. The molecule has 2 N–H and O–H groups in total. The van der Waals surface area contributed by atoms with E-state index in [0.717, 1.165) is 74.3 Å². The molecule has 0 saturated carbocycles. The van der Waals surface area contributed by atoms with Crippen molar-refractivity contribution in [3.63, 3.8) is 0 Å². The van der Waals surface area contributed by atoms with Gasteiger partial charge in [-0.05, 0) is 54.8 Å². The molecule has 0 atom stereocenters. The molecule has 8 heteroatoms. The van der Waals surface area contributed by atoms with Crippen molar-refractivity contribution in [3.8, 4) is 16.9 Å². The van der Waals surface area contributed by atoms with Gasteiger partial charge in [0, 0.05) is 68.5 Å². The molecule has 0 bridgehead atoms. The number of benzene rings is 3. The second-order valence-corrected chi connectivity index (χ2v) is 10.3. The third kappa shape index (κ3) is 6.82. The van der Waals surface area contributed by atoms with Crippen molar-refractivity contribution in [1.29, 1.82) is 0 Å². The van der Waals surface area contributed by atoms with E-state index in [2.05, 4.69) is 74.7 Å². The fourth-order valence-corrected chi connectivity index (χ4v) is 5.36. The molecule has 4 aromatic rings. The van der Waals surface area contributed by atoms with Crippen molar-refractivity contribution in [1.82, 2.24) is 14.4 Å². The van der Waals surface area contributed by atoms with Gasteiger partial charge in [-0.15, -0.1) is 13.2 Å². The molecule has 3 aromatic carbocycles. The van der Waals surface area contributed by atoms with Crippen LogP contribution in [0.5, 0.6) is 5.75 Å². The molecule has 5 nitrogen and oxygen atoms in total. The Morgan fingerprint density at radius 1 is 0.846 bits per heavy atom. The minimum atomic E-state index is -4.71. The van der Waals surface area contributed by atoms with Crippen molar-refractivity contribution in [2.45, 2.75) is 39.3 Å². The molecular formula is C31H35F3N4O. The van der Waals surface area contributed by atoms with Crippen LogP contribution in [0.3, 0.4) is 0 Å². The Morgan fingerprint density at radius 2 is 1.51 bits per heavy atom. The summed E-state index contributed by atoms with van der Waals surface area (Å²) in [5.41, 5.74) is 12.6. The van der Waals surface area contributed by atoms with Crippen LogP contribution in [0.4, 0.5) is 13.2 Å². The van der Waals surface area contributed by atoms with Gasteiger partial charge in [0.2, 0.25) is 0 Å². The molecule has 39 heavy (non-hydrogen) atoms. The molecule has 0 spiro atoms. The van der Waals surface area contributed by atoms with Crippen LogP contribution >= 0.6 is 0 Å². The first-order valence-corrected chi connectivity index (χ1v) is 13.5. The predicted molar refractivity (Wildman–Crippen MR) is 149 cm³/mol. The van der Waals surface area contributed by atoms with Gasteiger partial charge in [0.15, 0.2) is 0 Å². The molecular weight excluding hydrogens is 501 g/mol. The first-order valence-electron chi connectivity index (χ1n) is 13.5. The lowest BCUT2D eigenvalue weighted by molar-refractivity contribution is -0.274. The fraction of sp³-hybridized carbons (Fsp3) is 0.355. The van der Waals surface area contributed by atoms with Crippen LogP contribution in [0.25, 0.3) is 22.0 Å². The monoisotopic (exact) mass is 536 g/mol. The Hall–Kier alpha value is -3.33. The smallest absolute Gasteiger partial charge is 0.406 e. The minimum absolute atomic E-state index is 0.221. The molecule has 1 aliphatic rings. The summed E-state index contributed by atoms with van der Waals surface area (Å²) in [4.78, 5) is 4.99. The number of ether oxygens (including phenoxy) is 1. The average Bonchev–Trinajstić information content (AvgIpc) is 3.29. The topological polar surface area (TPSA) is 46.7 Å². The van der Waals surface area contributed by atoms with E-state index in [9.17, 15) is 13.2 Å². The molecule has 1 aromatic heterocycles. The van der Waals surface area contributed by atoms with E-state index in [4.69, 9.17) is 5.73 Å². The Morgan fingerprint density at radius 3 is 2.15 bits per heavy atom. The van der Waals surface area contributed by atoms with E-state index >= 15 is 0 Å². The molecule has 206 valence electrons. The quantitative estimate of drug-likeness (QED) is 0.278. The van der Waals surface area contributed by atoms with E-state index in [-0.39, 0.29) is 5.75 Å². The highest BCUT2D eigenvalue weighted by Gasteiger charge is 2.31. The van der Waals surface area contributed by atoms with Crippen LogP contribution in [0.2, 0.25) is 0 Å². The predicted octanol–water partition coefficient (Wildman–Crippen LogP) is 6.18. The summed E-state index contributed by atoms with van der Waals surface area (Å²) in [7, 11) is 0. The maximum atomic E-state index is 12.7. The minimum Gasteiger partial charge on any atom is -0.406 e. The third-order valence-electron chi connectivity index (χ3n) is 7.38. The average molecular weight is 537 g/mol. The van der Waals surface area contributed by atoms with Gasteiger partial charge in [0.1, 0.15) is 5.75 Å². The van der Waals surface area contributed by atoms with Crippen LogP contribution in [0.1, 0.15) is 23.1 Å². The zero-order chi connectivity index (χ0) is 27.4. The van der Waals surface area contributed by atoms with Crippen molar-refractivity contribution in [2.24, 2.45) is 5.73 Å². The highest BCUT2D eigenvalue weighted by Crippen LogP contribution is 2.35. The zero-order valence-corrected chi connectivity index (χ0v) is 22.3. The molecule has 0 aliphatic carbocycles. The number of nitrogens with zero attached hydrogens (tertiary/aromatic N) is 3. The number of fused-ring (bicyclic) bond motifs is 1. The number of rotatable bonds is 9. The van der Waals surface area contributed by atoms with Crippen molar-refractivity contribution >= 4 is 10.9 Å². The molecule has 0 unspecified atom stereocenters. The van der Waals surface area contributed by atoms with Crippen LogP contribution in [-0.4, -0.2) is 53.5 Å². The highest BCUT2D eigenvalue weighted by molar-refractivity contribution is 5.98. The summed E-state index contributed by atoms with van der Waals surface area (Å²) in [6.45, 7) is 9.24. The van der Waals surface area contributed by atoms with Gasteiger partial charge in [-0.25, -0.2) is 0 Å². The summed E-state index contributed by atoms with van der Waals surface area (Å²) >= 11 is 0. The molecule has 1 aliphatic heterocycles. The number of aryl methyl sites for hydroxylation is 2. The summed E-state index contributed by atoms with van der Waals surface area (Å²) in [5, 5.41) is 1.14. The largest absolute Gasteiger partial charge is 0.573 e. The molecule has 1 saturated heterocycles. The number of halogens is 3. The van der Waals surface area contributed by atoms with Gasteiger partial charge < -0.3 is 15.0 Å². The number of alkyl halides is 3. The van der Waals surface area contributed by atoms with Crippen molar-refractivity contribution in [2.75, 3.05) is 32.7 Å². The van der Waals surface area contributed by atoms with Gasteiger partial charge in [-0.2, -0.15) is 0 Å². The van der Waals surface area contributed by atoms with Crippen LogP contribution in [-0.2, 0) is 19.6 Å². The standard InChI is InChI=1S/C31H35F3N4O/c1-23-6-8-24(9-7-23)20-36-16-18-37(19-17-36)21-26-4-2-5-29-30(26)28(22-38(29)15-3-14-35)25-10-12-27(13-11-25)39-31(32,33)34/h2,4-13,22H,3,14-21,35H2,1H3. The fourth-order valence-electron chi connectivity index (χ4n) is 5.36. The maximum Gasteiger partial charge on any atom is 0.573 e. The first kappa shape index (κ1) is 27.2. The Balaban J connectivity index is 1.36. The maximum absolute atomic E-state index is 12.7. The lowest BCUT2D eigenvalue weighted by atomic mass is 10.00. The van der Waals surface area contributed by atoms with E-state index < -0.39 is 6.36 Å². The van der Waals surface area contributed by atoms with Crippen LogP contribution in [0.15, 0.2) is 72.9 Å². The van der Waals surface area contributed by atoms with E-state index in [0.29, 0.717) is 6.54 Å². The number of piperazine rings is 1. The van der Waals surface area contributed by atoms with Crippen molar-refractivity contribution in [3.05, 3.63) is 89.6 Å². The first-order chi connectivity index (χ1) is 18.8. The number of aromatic nitrogens is 1. The van der Waals surface area contributed by atoms with Crippen LogP contribution in [0, 0.1) is 6.92 Å². The summed E-state index contributed by atoms with van der Waals surface area (Å²) in [6, 6.07) is 21.3. The van der Waals surface area contributed by atoms with Crippen LogP contribution < -0.4 is 10.5 Å². The Labute approximate surface area is 227 Å². The highest BCUT2D eigenvalue weighted by atomic mass is 19.4. The SMILES string of the molecule is Cc1ccc(CN2CCN(Cc3cccc4c3c(-c3ccc(OC(F)(F)F)cc3)cn4CCCN)CC2)cc1. The van der Waals surface area contributed by atoms with Gasteiger partial charge in [-0.1, -0.05) is 54.1 Å². The van der Waals surface area contributed by atoms with Crippen molar-refractivity contribution < 1.29 is 17.9 Å². The summed E-state index contributed by atoms with van der Waals surface area (Å²) in [6.07, 6.45) is -1.77. The molecule has 1 fully saturated rings. The molecule has 0 amide bonds. The number of hydrogen-bond acceptors (Lipinski definition) is 4. The Bertz CT molecular complexity index is 1370. The normalized spacial score (nSPS) is 15.2. The van der Waals surface area contributed by atoms with E-state index in [1.165, 1.54) is 28.8 Å². The van der Waals surface area contributed by atoms with Gasteiger partial charge in [0.25, 0.3) is 0 Å². The van der Waals surface area contributed by atoms with E-state index in [1.54, 1.807) is 12.1 Å². The van der Waals surface area contributed by atoms with Gasteiger partial charge >= 0.3 is 6.36 Å². The second kappa shape index (κ2) is 11.8.